The fourth-order valence-corrected chi connectivity index (χ4v) is 3.64. The summed E-state index contributed by atoms with van der Waals surface area (Å²) in [6, 6.07) is 3.01. The molecule has 1 N–H and O–H groups in total. The van der Waals surface area contributed by atoms with Crippen LogP contribution in [0, 0.1) is 5.92 Å². The highest BCUT2D eigenvalue weighted by molar-refractivity contribution is 6.36. The van der Waals surface area contributed by atoms with Gasteiger partial charge in [-0.15, -0.1) is 0 Å². The zero-order valence-electron chi connectivity index (χ0n) is 13.8. The van der Waals surface area contributed by atoms with Crippen LogP contribution in [0.3, 0.4) is 0 Å². The number of carboxylic acids is 1. The SMILES string of the molecule is CCC(CC)c1ccc(Cl)c2nc(Cl)n(C(C(=O)O)C(C)C)c12. The third kappa shape index (κ3) is 3.20. The lowest BCUT2D eigenvalue weighted by Gasteiger charge is -2.22. The van der Waals surface area contributed by atoms with Crippen molar-refractivity contribution in [2.75, 3.05) is 0 Å². The van der Waals surface area contributed by atoms with E-state index in [0.29, 0.717) is 16.5 Å². The molecule has 4 nitrogen and oxygen atoms in total. The number of benzene rings is 1. The molecule has 0 aliphatic rings. The van der Waals surface area contributed by atoms with Crippen LogP contribution in [-0.2, 0) is 4.79 Å². The Morgan fingerprint density at radius 1 is 1.26 bits per heavy atom. The zero-order valence-corrected chi connectivity index (χ0v) is 15.3. The highest BCUT2D eigenvalue weighted by Gasteiger charge is 2.30. The molecule has 0 fully saturated rings. The van der Waals surface area contributed by atoms with Gasteiger partial charge in [0.15, 0.2) is 0 Å². The third-order valence-electron chi connectivity index (χ3n) is 4.37. The number of hydrogen-bond acceptors (Lipinski definition) is 2. The average Bonchev–Trinajstić information content (AvgIpc) is 2.81. The van der Waals surface area contributed by atoms with Gasteiger partial charge in [0.1, 0.15) is 11.6 Å². The lowest BCUT2D eigenvalue weighted by Crippen LogP contribution is -2.24. The van der Waals surface area contributed by atoms with Crippen molar-refractivity contribution in [1.82, 2.24) is 9.55 Å². The Bertz CT molecular complexity index is 721. The van der Waals surface area contributed by atoms with Crippen LogP contribution in [0.2, 0.25) is 10.3 Å². The van der Waals surface area contributed by atoms with E-state index in [1.54, 1.807) is 4.57 Å². The molecule has 1 aromatic heterocycles. The first-order valence-corrected chi connectivity index (χ1v) is 8.67. The molecule has 1 unspecified atom stereocenters. The predicted octanol–water partition coefficient (Wildman–Crippen LogP) is 5.53. The highest BCUT2D eigenvalue weighted by atomic mass is 35.5. The van der Waals surface area contributed by atoms with Crippen molar-refractivity contribution in [2.24, 2.45) is 5.92 Å². The van der Waals surface area contributed by atoms with E-state index >= 15 is 0 Å². The number of rotatable bonds is 6. The van der Waals surface area contributed by atoms with Crippen LogP contribution >= 0.6 is 23.2 Å². The van der Waals surface area contributed by atoms with E-state index in [-0.39, 0.29) is 11.2 Å². The van der Waals surface area contributed by atoms with Gasteiger partial charge in [-0.25, -0.2) is 9.78 Å². The number of aliphatic carboxylic acids is 1. The molecule has 126 valence electrons. The van der Waals surface area contributed by atoms with Crippen molar-refractivity contribution >= 4 is 40.2 Å². The minimum Gasteiger partial charge on any atom is -0.480 e. The van der Waals surface area contributed by atoms with E-state index < -0.39 is 12.0 Å². The smallest absolute Gasteiger partial charge is 0.327 e. The number of fused-ring (bicyclic) bond motifs is 1. The number of imidazole rings is 1. The maximum absolute atomic E-state index is 11.8. The maximum atomic E-state index is 11.8. The Balaban J connectivity index is 2.86. The van der Waals surface area contributed by atoms with Crippen LogP contribution < -0.4 is 0 Å². The molecule has 0 spiro atoms. The molecule has 1 atom stereocenters. The predicted molar refractivity (Wildman–Crippen MR) is 94.6 cm³/mol. The van der Waals surface area contributed by atoms with E-state index in [9.17, 15) is 9.90 Å². The van der Waals surface area contributed by atoms with Crippen LogP contribution in [0.4, 0.5) is 0 Å². The molecule has 0 aliphatic heterocycles. The summed E-state index contributed by atoms with van der Waals surface area (Å²) in [6.07, 6.45) is 1.91. The molecule has 0 saturated carbocycles. The fourth-order valence-electron chi connectivity index (χ4n) is 3.17. The number of carboxylic acid groups (broad SMARTS) is 1. The molecular weight excluding hydrogens is 335 g/mol. The van der Waals surface area contributed by atoms with Crippen LogP contribution in [0.1, 0.15) is 58.1 Å². The van der Waals surface area contributed by atoms with Crippen LogP contribution in [-0.4, -0.2) is 20.6 Å². The normalized spacial score (nSPS) is 13.2. The van der Waals surface area contributed by atoms with E-state index in [4.69, 9.17) is 23.2 Å². The van der Waals surface area contributed by atoms with Crippen LogP contribution in [0.15, 0.2) is 12.1 Å². The molecule has 0 bridgehead atoms. The second-order valence-electron chi connectivity index (χ2n) is 6.13. The molecule has 1 aromatic carbocycles. The topological polar surface area (TPSA) is 55.1 Å². The van der Waals surface area contributed by atoms with E-state index in [2.05, 4.69) is 18.8 Å². The Hall–Kier alpha value is -1.26. The molecule has 23 heavy (non-hydrogen) atoms. The lowest BCUT2D eigenvalue weighted by atomic mass is 9.92. The quantitative estimate of drug-likeness (QED) is 0.740. The number of hydrogen-bond donors (Lipinski definition) is 1. The molecule has 0 aliphatic carbocycles. The van der Waals surface area contributed by atoms with Gasteiger partial charge in [0, 0.05) is 0 Å². The summed E-state index contributed by atoms with van der Waals surface area (Å²) in [6.45, 7) is 7.96. The highest BCUT2D eigenvalue weighted by Crippen LogP contribution is 2.38. The van der Waals surface area contributed by atoms with E-state index in [1.165, 1.54) is 0 Å². The van der Waals surface area contributed by atoms with Crippen molar-refractivity contribution < 1.29 is 9.90 Å². The number of halogens is 2. The molecular formula is C17H22Cl2N2O2. The molecule has 2 aromatic rings. The number of carbonyl (C=O) groups is 1. The molecule has 0 amide bonds. The van der Waals surface area contributed by atoms with Gasteiger partial charge in [-0.2, -0.15) is 0 Å². The molecule has 1 heterocycles. The summed E-state index contributed by atoms with van der Waals surface area (Å²) in [5.74, 6) is -0.740. The van der Waals surface area contributed by atoms with Crippen molar-refractivity contribution in [3.63, 3.8) is 0 Å². The Labute approximate surface area is 146 Å². The summed E-state index contributed by atoms with van der Waals surface area (Å²) < 4.78 is 1.63. The second-order valence-corrected chi connectivity index (χ2v) is 6.87. The molecule has 6 heteroatoms. The lowest BCUT2D eigenvalue weighted by molar-refractivity contribution is -0.142. The summed E-state index contributed by atoms with van der Waals surface area (Å²) in [5, 5.41) is 10.3. The Morgan fingerprint density at radius 3 is 2.35 bits per heavy atom. The van der Waals surface area contributed by atoms with Gasteiger partial charge in [-0.1, -0.05) is 45.4 Å². The average molecular weight is 357 g/mol. The van der Waals surface area contributed by atoms with E-state index in [1.807, 2.05) is 26.0 Å². The Kier molecular flexibility index (Phi) is 5.58. The van der Waals surface area contributed by atoms with E-state index in [0.717, 1.165) is 23.9 Å². The first kappa shape index (κ1) is 18.1. The van der Waals surface area contributed by atoms with Gasteiger partial charge in [-0.3, -0.25) is 4.57 Å². The van der Waals surface area contributed by atoms with Gasteiger partial charge >= 0.3 is 5.97 Å². The second kappa shape index (κ2) is 7.10. The van der Waals surface area contributed by atoms with Crippen LogP contribution in [0.5, 0.6) is 0 Å². The fraction of sp³-hybridized carbons (Fsp3) is 0.529. The standard InChI is InChI=1S/C17H22Cl2N2O2/c1-5-10(6-2)11-7-8-12(18)13-15(11)21(17(19)20-13)14(9(3)4)16(22)23/h7-10,14H,5-6H2,1-4H3,(H,22,23). The first-order valence-electron chi connectivity index (χ1n) is 7.92. The summed E-state index contributed by atoms with van der Waals surface area (Å²) in [5.41, 5.74) is 2.38. The van der Waals surface area contributed by atoms with Gasteiger partial charge in [0.25, 0.3) is 0 Å². The monoisotopic (exact) mass is 356 g/mol. The number of aromatic nitrogens is 2. The Morgan fingerprint density at radius 2 is 1.87 bits per heavy atom. The summed E-state index contributed by atoms with van der Waals surface area (Å²) >= 11 is 12.6. The zero-order chi connectivity index (χ0) is 17.3. The van der Waals surface area contributed by atoms with Crippen molar-refractivity contribution in [3.05, 3.63) is 28.0 Å². The third-order valence-corrected chi connectivity index (χ3v) is 4.94. The van der Waals surface area contributed by atoms with Crippen molar-refractivity contribution in [3.8, 4) is 0 Å². The molecule has 0 radical (unpaired) electrons. The summed E-state index contributed by atoms with van der Waals surface area (Å²) in [4.78, 5) is 16.1. The van der Waals surface area contributed by atoms with Crippen LogP contribution in [0.25, 0.3) is 11.0 Å². The summed E-state index contributed by atoms with van der Waals surface area (Å²) in [7, 11) is 0. The van der Waals surface area contributed by atoms with Crippen molar-refractivity contribution in [2.45, 2.75) is 52.5 Å². The number of nitrogens with zero attached hydrogens (tertiary/aromatic N) is 2. The minimum absolute atomic E-state index is 0.129. The maximum Gasteiger partial charge on any atom is 0.327 e. The first-order chi connectivity index (χ1) is 10.8. The van der Waals surface area contributed by atoms with Crippen molar-refractivity contribution in [1.29, 1.82) is 0 Å². The molecule has 2 rings (SSSR count). The van der Waals surface area contributed by atoms with Gasteiger partial charge in [0.2, 0.25) is 5.28 Å². The minimum atomic E-state index is -0.920. The molecule has 0 saturated heterocycles. The van der Waals surface area contributed by atoms with Gasteiger partial charge < -0.3 is 5.11 Å². The van der Waals surface area contributed by atoms with Gasteiger partial charge in [-0.05, 0) is 47.9 Å². The van der Waals surface area contributed by atoms with Gasteiger partial charge in [0.05, 0.1) is 10.5 Å². The largest absolute Gasteiger partial charge is 0.480 e.